The van der Waals surface area contributed by atoms with Gasteiger partial charge >= 0.3 is 12.1 Å². The lowest BCUT2D eigenvalue weighted by Crippen LogP contribution is -2.36. The molecule has 204 valence electrons. The van der Waals surface area contributed by atoms with Crippen LogP contribution in [0.5, 0.6) is 0 Å². The van der Waals surface area contributed by atoms with E-state index in [0.29, 0.717) is 22.7 Å². The predicted octanol–water partition coefficient (Wildman–Crippen LogP) is 6.52. The van der Waals surface area contributed by atoms with Gasteiger partial charge in [0.25, 0.3) is 15.8 Å². The molecule has 0 radical (unpaired) electrons. The van der Waals surface area contributed by atoms with Crippen molar-refractivity contribution >= 4 is 56.2 Å². The average Bonchev–Trinajstić information content (AvgIpc) is 3.22. The number of carbonyl (C=O) groups is 2. The van der Waals surface area contributed by atoms with Crippen molar-refractivity contribution in [2.45, 2.75) is 29.8 Å². The predicted molar refractivity (Wildman–Crippen MR) is 142 cm³/mol. The minimum absolute atomic E-state index is 0.0208. The van der Waals surface area contributed by atoms with E-state index in [1.807, 2.05) is 30.3 Å². The molecule has 0 amide bonds. The van der Waals surface area contributed by atoms with Crippen LogP contribution in [0.15, 0.2) is 77.7 Å². The number of carboxylic acids is 1. The molecule has 1 aliphatic rings. The Hall–Kier alpha value is -3.34. The number of alkyl halides is 3. The van der Waals surface area contributed by atoms with Crippen molar-refractivity contribution in [3.63, 3.8) is 0 Å². The Morgan fingerprint density at radius 1 is 0.949 bits per heavy atom. The van der Waals surface area contributed by atoms with Crippen LogP contribution in [-0.2, 0) is 26.0 Å². The molecule has 3 aromatic rings. The molecule has 0 spiro atoms. The van der Waals surface area contributed by atoms with Crippen molar-refractivity contribution in [3.8, 4) is 0 Å². The van der Waals surface area contributed by atoms with E-state index in [2.05, 4.69) is 0 Å². The zero-order chi connectivity index (χ0) is 28.5. The third-order valence-corrected chi connectivity index (χ3v) is 8.36. The van der Waals surface area contributed by atoms with Gasteiger partial charge in [-0.2, -0.15) is 13.2 Å². The molecule has 4 rings (SSSR count). The highest BCUT2D eigenvalue weighted by Gasteiger charge is 2.44. The quantitative estimate of drug-likeness (QED) is 0.303. The number of hydrogen-bond acceptors (Lipinski definition) is 4. The molecule has 1 N–H and O–H groups in total. The summed E-state index contributed by atoms with van der Waals surface area (Å²) < 4.78 is 67.9. The minimum atomic E-state index is -5.17. The van der Waals surface area contributed by atoms with E-state index in [1.54, 1.807) is 0 Å². The fourth-order valence-electron chi connectivity index (χ4n) is 4.44. The van der Waals surface area contributed by atoms with Gasteiger partial charge in [0.2, 0.25) is 0 Å². The van der Waals surface area contributed by atoms with Crippen LogP contribution in [0.3, 0.4) is 0 Å². The molecule has 0 saturated heterocycles. The van der Waals surface area contributed by atoms with Gasteiger partial charge in [-0.15, -0.1) is 0 Å². The Morgan fingerprint density at radius 3 is 2.18 bits per heavy atom. The topological polar surface area (TPSA) is 91.8 Å². The van der Waals surface area contributed by atoms with Crippen molar-refractivity contribution in [3.05, 3.63) is 99.5 Å². The number of carbonyl (C=O) groups excluding carboxylic acids is 1. The summed E-state index contributed by atoms with van der Waals surface area (Å²) >= 11 is 11.9. The molecule has 0 fully saturated rings. The van der Waals surface area contributed by atoms with Gasteiger partial charge in [0.15, 0.2) is 0 Å². The SMILES string of the molecule is O=C(O)CN(c1ccc2c(c1)C(C(=O)C(F)(F)F)=CC2CCc1ccccc1)S(=O)(=O)c1cc(Cl)cc(Cl)c1. The maximum atomic E-state index is 13.5. The van der Waals surface area contributed by atoms with Crippen LogP contribution in [0.4, 0.5) is 18.9 Å². The molecule has 3 aromatic carbocycles. The summed E-state index contributed by atoms with van der Waals surface area (Å²) in [5.74, 6) is -4.14. The average molecular weight is 598 g/mol. The zero-order valence-corrected chi connectivity index (χ0v) is 22.3. The van der Waals surface area contributed by atoms with Gasteiger partial charge in [0, 0.05) is 21.5 Å². The zero-order valence-electron chi connectivity index (χ0n) is 20.0. The second-order valence-corrected chi connectivity index (χ2v) is 11.6. The van der Waals surface area contributed by atoms with E-state index in [9.17, 15) is 36.3 Å². The highest BCUT2D eigenvalue weighted by atomic mass is 35.5. The number of anilines is 1. The summed E-state index contributed by atoms with van der Waals surface area (Å²) in [6.45, 7) is -1.05. The Morgan fingerprint density at radius 2 is 1.59 bits per heavy atom. The summed E-state index contributed by atoms with van der Waals surface area (Å²) in [5, 5.41) is 9.41. The molecular formula is C27H20Cl2F3NO5S. The summed E-state index contributed by atoms with van der Waals surface area (Å²) in [6.07, 6.45) is -3.02. The summed E-state index contributed by atoms with van der Waals surface area (Å²) in [7, 11) is -4.58. The molecular weight excluding hydrogens is 578 g/mol. The smallest absolute Gasteiger partial charge is 0.454 e. The largest absolute Gasteiger partial charge is 0.480 e. The van der Waals surface area contributed by atoms with Crippen LogP contribution < -0.4 is 4.31 Å². The van der Waals surface area contributed by atoms with Crippen LogP contribution in [-0.4, -0.2) is 38.0 Å². The second kappa shape index (κ2) is 11.0. The number of hydrogen-bond donors (Lipinski definition) is 1. The van der Waals surface area contributed by atoms with Gasteiger partial charge in [-0.05, 0) is 59.9 Å². The molecule has 1 aliphatic carbocycles. The van der Waals surface area contributed by atoms with Gasteiger partial charge in [0.05, 0.1) is 10.6 Å². The van der Waals surface area contributed by atoms with Crippen molar-refractivity contribution in [1.29, 1.82) is 0 Å². The Balaban J connectivity index is 1.79. The number of rotatable bonds is 9. The fourth-order valence-corrected chi connectivity index (χ4v) is 6.57. The Labute approximate surface area is 232 Å². The molecule has 0 heterocycles. The molecule has 0 bridgehead atoms. The van der Waals surface area contributed by atoms with E-state index in [1.165, 1.54) is 24.3 Å². The fraction of sp³-hybridized carbons (Fsp3) is 0.185. The van der Waals surface area contributed by atoms with E-state index in [0.717, 1.165) is 23.8 Å². The van der Waals surface area contributed by atoms with Crippen LogP contribution in [0.1, 0.15) is 29.0 Å². The summed E-state index contributed by atoms with van der Waals surface area (Å²) in [5.41, 5.74) is 0.398. The van der Waals surface area contributed by atoms with Crippen molar-refractivity contribution < 1.29 is 36.3 Å². The van der Waals surface area contributed by atoms with Crippen LogP contribution >= 0.6 is 23.2 Å². The lowest BCUT2D eigenvalue weighted by Gasteiger charge is -2.24. The first kappa shape index (κ1) is 28.7. The minimum Gasteiger partial charge on any atom is -0.480 e. The number of carboxylic acid groups (broad SMARTS) is 1. The van der Waals surface area contributed by atoms with Gasteiger partial charge in [0.1, 0.15) is 6.54 Å². The third-order valence-electron chi connectivity index (χ3n) is 6.17. The molecule has 12 heteroatoms. The van der Waals surface area contributed by atoms with Crippen LogP contribution in [0.2, 0.25) is 10.0 Å². The highest BCUT2D eigenvalue weighted by Crippen LogP contribution is 2.43. The number of allylic oxidation sites excluding steroid dienone is 2. The van der Waals surface area contributed by atoms with Gasteiger partial charge in [-0.3, -0.25) is 13.9 Å². The number of benzene rings is 3. The lowest BCUT2D eigenvalue weighted by molar-refractivity contribution is -0.164. The number of Topliss-reactive ketones (excluding diaryl/α,β-unsaturated/α-hetero) is 1. The third kappa shape index (κ3) is 6.29. The van der Waals surface area contributed by atoms with E-state index >= 15 is 0 Å². The van der Waals surface area contributed by atoms with Crippen molar-refractivity contribution in [2.24, 2.45) is 0 Å². The first-order chi connectivity index (χ1) is 18.3. The first-order valence-electron chi connectivity index (χ1n) is 11.5. The standard InChI is InChI=1S/C27H20Cl2F3NO5S/c28-18-11-19(29)13-21(12-18)39(37,38)33(15-25(34)35)20-8-9-22-17(7-6-16-4-2-1-3-5-16)10-24(23(22)14-20)26(36)27(30,31)32/h1-5,8-14,17H,6-7,15H2,(H,34,35). The molecule has 0 aliphatic heterocycles. The normalized spacial score (nSPS) is 15.0. The molecule has 0 saturated carbocycles. The van der Waals surface area contributed by atoms with E-state index < -0.39 is 50.9 Å². The maximum absolute atomic E-state index is 13.5. The number of sulfonamides is 1. The molecule has 0 aromatic heterocycles. The number of nitrogens with zero attached hydrogens (tertiary/aromatic N) is 1. The number of halogens is 5. The maximum Gasteiger partial charge on any atom is 0.454 e. The van der Waals surface area contributed by atoms with Gasteiger partial charge in [-0.25, -0.2) is 8.42 Å². The number of aliphatic carboxylic acids is 1. The molecule has 6 nitrogen and oxygen atoms in total. The molecule has 1 unspecified atom stereocenters. The van der Waals surface area contributed by atoms with Gasteiger partial charge in [-0.1, -0.05) is 65.7 Å². The van der Waals surface area contributed by atoms with Crippen LogP contribution in [0.25, 0.3) is 5.57 Å². The number of fused-ring (bicyclic) bond motifs is 1. The lowest BCUT2D eigenvalue weighted by atomic mass is 9.93. The second-order valence-electron chi connectivity index (χ2n) is 8.82. The van der Waals surface area contributed by atoms with Crippen molar-refractivity contribution in [1.82, 2.24) is 0 Å². The summed E-state index contributed by atoms with van der Waals surface area (Å²) in [4.78, 5) is 23.6. The van der Waals surface area contributed by atoms with Crippen molar-refractivity contribution in [2.75, 3.05) is 10.8 Å². The Kier molecular flexibility index (Phi) is 8.11. The first-order valence-corrected chi connectivity index (χ1v) is 13.7. The Bertz CT molecular complexity index is 1550. The number of aryl methyl sites for hydroxylation is 1. The molecule has 1 atom stereocenters. The van der Waals surface area contributed by atoms with Gasteiger partial charge < -0.3 is 5.11 Å². The monoisotopic (exact) mass is 597 g/mol. The molecule has 39 heavy (non-hydrogen) atoms. The van der Waals surface area contributed by atoms with E-state index in [-0.39, 0.29) is 21.3 Å². The van der Waals surface area contributed by atoms with E-state index in [4.69, 9.17) is 23.2 Å². The van der Waals surface area contributed by atoms with Crippen LogP contribution in [0, 0.1) is 0 Å². The summed E-state index contributed by atoms with van der Waals surface area (Å²) in [6, 6.07) is 16.5. The highest BCUT2D eigenvalue weighted by molar-refractivity contribution is 7.92. The number of ketones is 1.